The molecule has 0 heterocycles. The van der Waals surface area contributed by atoms with Crippen molar-refractivity contribution in [3.05, 3.63) is 0 Å². The molecule has 1 heteroatoms. The largest absolute Gasteiger partial charge is 0.396 e. The van der Waals surface area contributed by atoms with Crippen LogP contribution in [0.4, 0.5) is 0 Å². The molecule has 0 aliphatic carbocycles. The summed E-state index contributed by atoms with van der Waals surface area (Å²) in [5, 5.41) is 9.58. The quantitative estimate of drug-likeness (QED) is 0.189. The van der Waals surface area contributed by atoms with Crippen molar-refractivity contribution in [1.29, 1.82) is 0 Å². The van der Waals surface area contributed by atoms with Crippen LogP contribution >= 0.6 is 0 Å². The van der Waals surface area contributed by atoms with Crippen LogP contribution in [0.5, 0.6) is 0 Å². The lowest BCUT2D eigenvalue weighted by atomic mass is 9.94. The maximum absolute atomic E-state index is 9.58. The van der Waals surface area contributed by atoms with Gasteiger partial charge in [-0.15, -0.1) is 0 Å². The van der Waals surface area contributed by atoms with Crippen LogP contribution in [-0.2, 0) is 0 Å². The van der Waals surface area contributed by atoms with E-state index in [1.165, 1.54) is 135 Å². The Bertz CT molecular complexity index is 238. The number of hydrogen-bond donors (Lipinski definition) is 1. The van der Waals surface area contributed by atoms with E-state index in [0.717, 1.165) is 0 Å². The zero-order chi connectivity index (χ0) is 19.1. The lowest BCUT2D eigenvalue weighted by molar-refractivity contribution is 0.204. The van der Waals surface area contributed by atoms with Crippen LogP contribution in [0.15, 0.2) is 0 Å². The molecule has 0 rings (SSSR count). The molecule has 0 aromatic carbocycles. The number of unbranched alkanes of at least 4 members (excludes halogenated alkanes) is 17. The fourth-order valence-corrected chi connectivity index (χ4v) is 3.99. The van der Waals surface area contributed by atoms with Crippen molar-refractivity contribution in [1.82, 2.24) is 0 Å². The Morgan fingerprint density at radius 1 is 0.423 bits per heavy atom. The smallest absolute Gasteiger partial charge is 0.0459 e. The van der Waals surface area contributed by atoms with Crippen LogP contribution < -0.4 is 0 Å². The standard InChI is InChI=1S/C25H52O/c1-3-5-7-9-11-12-13-14-15-17-19-21-23-25(24-26)22-20-18-16-10-8-6-4-2/h25-26H,3-24H2,1-2H3. The number of aliphatic hydroxyl groups excluding tert-OH is 1. The molecule has 0 bridgehead atoms. The Kier molecular flexibility index (Phi) is 23.0. The highest BCUT2D eigenvalue weighted by Gasteiger charge is 2.06. The minimum atomic E-state index is 0.411. The normalized spacial score (nSPS) is 12.6. The molecule has 0 aromatic heterocycles. The molecule has 1 unspecified atom stereocenters. The summed E-state index contributed by atoms with van der Waals surface area (Å²) in [4.78, 5) is 0. The number of rotatable bonds is 22. The van der Waals surface area contributed by atoms with Gasteiger partial charge in [-0.05, 0) is 18.8 Å². The molecule has 0 radical (unpaired) electrons. The minimum Gasteiger partial charge on any atom is -0.396 e. The van der Waals surface area contributed by atoms with Gasteiger partial charge in [0.2, 0.25) is 0 Å². The Hall–Kier alpha value is -0.0400. The van der Waals surface area contributed by atoms with Crippen LogP contribution in [-0.4, -0.2) is 11.7 Å². The highest BCUT2D eigenvalue weighted by atomic mass is 16.3. The second kappa shape index (κ2) is 23.0. The molecular weight excluding hydrogens is 316 g/mol. The first-order valence-corrected chi connectivity index (χ1v) is 12.5. The lowest BCUT2D eigenvalue weighted by Crippen LogP contribution is -2.06. The van der Waals surface area contributed by atoms with E-state index in [2.05, 4.69) is 13.8 Å². The third kappa shape index (κ3) is 20.3. The predicted molar refractivity (Wildman–Crippen MR) is 119 cm³/mol. The van der Waals surface area contributed by atoms with Gasteiger partial charge in [0.05, 0.1) is 0 Å². The van der Waals surface area contributed by atoms with Gasteiger partial charge in [0.25, 0.3) is 0 Å². The molecule has 0 aromatic rings. The molecule has 1 atom stereocenters. The van der Waals surface area contributed by atoms with Crippen LogP contribution in [0.2, 0.25) is 0 Å². The van der Waals surface area contributed by atoms with Crippen molar-refractivity contribution in [2.24, 2.45) is 5.92 Å². The summed E-state index contributed by atoms with van der Waals surface area (Å²) in [7, 11) is 0. The van der Waals surface area contributed by atoms with Crippen molar-refractivity contribution in [2.75, 3.05) is 6.61 Å². The van der Waals surface area contributed by atoms with Gasteiger partial charge in [0, 0.05) is 6.61 Å². The number of hydrogen-bond acceptors (Lipinski definition) is 1. The molecule has 1 N–H and O–H groups in total. The SMILES string of the molecule is CCCCCCCCCCCCCCC(CO)CCCCCCCCC. The molecule has 0 amide bonds. The summed E-state index contributed by atoms with van der Waals surface area (Å²) in [5.74, 6) is 0.578. The lowest BCUT2D eigenvalue weighted by Gasteiger charge is -2.13. The molecular formula is C25H52O. The Labute approximate surface area is 166 Å². The van der Waals surface area contributed by atoms with Gasteiger partial charge in [-0.3, -0.25) is 0 Å². The molecule has 0 saturated heterocycles. The number of aliphatic hydroxyl groups is 1. The summed E-state index contributed by atoms with van der Waals surface area (Å²) in [5.41, 5.74) is 0. The molecule has 26 heavy (non-hydrogen) atoms. The molecule has 0 aliphatic rings. The summed E-state index contributed by atoms with van der Waals surface area (Å²) in [6.45, 7) is 4.98. The van der Waals surface area contributed by atoms with E-state index in [4.69, 9.17) is 0 Å². The molecule has 0 aliphatic heterocycles. The monoisotopic (exact) mass is 368 g/mol. The zero-order valence-electron chi connectivity index (χ0n) is 18.6. The van der Waals surface area contributed by atoms with Crippen molar-refractivity contribution in [3.63, 3.8) is 0 Å². The Morgan fingerprint density at radius 2 is 0.692 bits per heavy atom. The van der Waals surface area contributed by atoms with Gasteiger partial charge in [-0.2, -0.15) is 0 Å². The molecule has 158 valence electrons. The third-order valence-electron chi connectivity index (χ3n) is 5.94. The highest BCUT2D eigenvalue weighted by Crippen LogP contribution is 2.19. The first kappa shape index (κ1) is 26.0. The second-order valence-corrected chi connectivity index (χ2v) is 8.64. The van der Waals surface area contributed by atoms with Crippen LogP contribution in [0.25, 0.3) is 0 Å². The van der Waals surface area contributed by atoms with E-state index in [1.54, 1.807) is 0 Å². The highest BCUT2D eigenvalue weighted by molar-refractivity contribution is 4.59. The first-order valence-electron chi connectivity index (χ1n) is 12.5. The van der Waals surface area contributed by atoms with Crippen molar-refractivity contribution < 1.29 is 5.11 Å². The summed E-state index contributed by atoms with van der Waals surface area (Å²) >= 11 is 0. The van der Waals surface area contributed by atoms with E-state index in [1.807, 2.05) is 0 Å². The van der Waals surface area contributed by atoms with Crippen LogP contribution in [0, 0.1) is 5.92 Å². The minimum absolute atomic E-state index is 0.411. The Balaban J connectivity index is 3.26. The van der Waals surface area contributed by atoms with E-state index >= 15 is 0 Å². The third-order valence-corrected chi connectivity index (χ3v) is 5.94. The molecule has 0 saturated carbocycles. The summed E-state index contributed by atoms with van der Waals surface area (Å²) < 4.78 is 0. The van der Waals surface area contributed by atoms with Gasteiger partial charge < -0.3 is 5.11 Å². The van der Waals surface area contributed by atoms with Crippen molar-refractivity contribution >= 4 is 0 Å². The topological polar surface area (TPSA) is 20.2 Å². The zero-order valence-corrected chi connectivity index (χ0v) is 18.6. The van der Waals surface area contributed by atoms with Gasteiger partial charge in [-0.1, -0.05) is 136 Å². The van der Waals surface area contributed by atoms with Crippen LogP contribution in [0.3, 0.4) is 0 Å². The molecule has 0 spiro atoms. The summed E-state index contributed by atoms with van der Waals surface area (Å²) in [6.07, 6.45) is 29.2. The van der Waals surface area contributed by atoms with E-state index < -0.39 is 0 Å². The fourth-order valence-electron chi connectivity index (χ4n) is 3.99. The van der Waals surface area contributed by atoms with Crippen molar-refractivity contribution in [3.8, 4) is 0 Å². The van der Waals surface area contributed by atoms with Gasteiger partial charge in [0.15, 0.2) is 0 Å². The molecule has 0 fully saturated rings. The maximum Gasteiger partial charge on any atom is 0.0459 e. The average molecular weight is 369 g/mol. The van der Waals surface area contributed by atoms with Gasteiger partial charge >= 0.3 is 0 Å². The van der Waals surface area contributed by atoms with E-state index in [0.29, 0.717) is 12.5 Å². The molecule has 1 nitrogen and oxygen atoms in total. The van der Waals surface area contributed by atoms with E-state index in [9.17, 15) is 5.11 Å². The summed E-state index contributed by atoms with van der Waals surface area (Å²) in [6, 6.07) is 0. The average Bonchev–Trinajstić information content (AvgIpc) is 2.66. The van der Waals surface area contributed by atoms with Gasteiger partial charge in [0.1, 0.15) is 0 Å². The van der Waals surface area contributed by atoms with Crippen molar-refractivity contribution in [2.45, 2.75) is 149 Å². The second-order valence-electron chi connectivity index (χ2n) is 8.64. The van der Waals surface area contributed by atoms with Crippen LogP contribution in [0.1, 0.15) is 149 Å². The van der Waals surface area contributed by atoms with E-state index in [-0.39, 0.29) is 0 Å². The first-order chi connectivity index (χ1) is 12.8. The fraction of sp³-hybridized carbons (Fsp3) is 1.00. The predicted octanol–water partition coefficient (Wildman–Crippen LogP) is 8.83. The maximum atomic E-state index is 9.58. The van der Waals surface area contributed by atoms with Gasteiger partial charge in [-0.25, -0.2) is 0 Å². The Morgan fingerprint density at radius 3 is 0.962 bits per heavy atom.